The van der Waals surface area contributed by atoms with E-state index in [1.807, 2.05) is 6.08 Å². The van der Waals surface area contributed by atoms with Crippen LogP contribution in [0.5, 0.6) is 0 Å². The Bertz CT molecular complexity index is 123. The number of nitrogens with one attached hydrogen (secondary N) is 1. The summed E-state index contributed by atoms with van der Waals surface area (Å²) in [6.07, 6.45) is 1.92. The lowest BCUT2D eigenvalue weighted by Crippen LogP contribution is -2.42. The van der Waals surface area contributed by atoms with Crippen LogP contribution in [0.4, 0.5) is 0 Å². The molecule has 1 fully saturated rings. The molecule has 1 radical (unpaired) electrons. The molecule has 0 saturated carbocycles. The van der Waals surface area contributed by atoms with Crippen LogP contribution in [-0.4, -0.2) is 31.1 Å². The fourth-order valence-corrected chi connectivity index (χ4v) is 1.15. The standard InChI is InChI=1S/C8H15N2/c1-3-8(2)10-6-4-9-5-7-10/h3,9H,1,4-7H2,2H3/b8-3-. The molecule has 0 aromatic heterocycles. The second-order valence-electron chi connectivity index (χ2n) is 2.58. The number of hydrogen-bond donors (Lipinski definition) is 1. The molecule has 1 aliphatic rings. The van der Waals surface area contributed by atoms with Crippen LogP contribution in [0.25, 0.3) is 0 Å². The summed E-state index contributed by atoms with van der Waals surface area (Å²) in [6, 6.07) is 0. The molecule has 10 heavy (non-hydrogen) atoms. The molecule has 57 valence electrons. The minimum Gasteiger partial charge on any atom is -0.373 e. The van der Waals surface area contributed by atoms with Crippen molar-refractivity contribution in [3.8, 4) is 0 Å². The topological polar surface area (TPSA) is 15.3 Å². The Balaban J connectivity index is 2.39. The van der Waals surface area contributed by atoms with E-state index >= 15 is 0 Å². The third kappa shape index (κ3) is 1.74. The molecule has 1 N–H and O–H groups in total. The minimum atomic E-state index is 1.10. The van der Waals surface area contributed by atoms with E-state index in [2.05, 4.69) is 24.1 Å². The van der Waals surface area contributed by atoms with Crippen molar-refractivity contribution in [3.05, 3.63) is 18.7 Å². The lowest BCUT2D eigenvalue weighted by Gasteiger charge is -2.29. The summed E-state index contributed by atoms with van der Waals surface area (Å²) in [6.45, 7) is 10.3. The van der Waals surface area contributed by atoms with Crippen molar-refractivity contribution in [3.63, 3.8) is 0 Å². The summed E-state index contributed by atoms with van der Waals surface area (Å²) >= 11 is 0. The van der Waals surface area contributed by atoms with Crippen molar-refractivity contribution in [2.45, 2.75) is 6.92 Å². The molecule has 0 aromatic rings. The van der Waals surface area contributed by atoms with Crippen LogP contribution < -0.4 is 5.32 Å². The second-order valence-corrected chi connectivity index (χ2v) is 2.58. The highest BCUT2D eigenvalue weighted by atomic mass is 15.2. The Kier molecular flexibility index (Phi) is 2.75. The Morgan fingerprint density at radius 2 is 2.10 bits per heavy atom. The van der Waals surface area contributed by atoms with Crippen LogP contribution in [0.2, 0.25) is 0 Å². The van der Waals surface area contributed by atoms with E-state index in [-0.39, 0.29) is 0 Å². The molecule has 1 saturated heterocycles. The van der Waals surface area contributed by atoms with E-state index < -0.39 is 0 Å². The molecule has 0 aliphatic carbocycles. The first-order valence-electron chi connectivity index (χ1n) is 3.76. The monoisotopic (exact) mass is 139 g/mol. The average molecular weight is 139 g/mol. The number of piperazine rings is 1. The maximum absolute atomic E-state index is 3.74. The van der Waals surface area contributed by atoms with Crippen LogP contribution in [0.1, 0.15) is 6.92 Å². The van der Waals surface area contributed by atoms with Crippen LogP contribution in [0, 0.1) is 6.92 Å². The van der Waals surface area contributed by atoms with Crippen molar-refractivity contribution < 1.29 is 0 Å². The van der Waals surface area contributed by atoms with Gasteiger partial charge in [0.2, 0.25) is 0 Å². The normalized spacial score (nSPS) is 21.4. The first-order valence-corrected chi connectivity index (χ1v) is 3.76. The lowest BCUT2D eigenvalue weighted by molar-refractivity contribution is 0.300. The molecular weight excluding hydrogens is 124 g/mol. The molecule has 0 atom stereocenters. The minimum absolute atomic E-state index is 1.10. The van der Waals surface area contributed by atoms with Gasteiger partial charge in [-0.25, -0.2) is 0 Å². The van der Waals surface area contributed by atoms with Gasteiger partial charge in [0.15, 0.2) is 0 Å². The van der Waals surface area contributed by atoms with Crippen LogP contribution >= 0.6 is 0 Å². The van der Waals surface area contributed by atoms with Crippen molar-refractivity contribution in [2.75, 3.05) is 26.2 Å². The molecule has 0 unspecified atom stereocenters. The fourth-order valence-electron chi connectivity index (χ4n) is 1.15. The van der Waals surface area contributed by atoms with Gasteiger partial charge in [-0.1, -0.05) is 6.08 Å². The Morgan fingerprint density at radius 1 is 1.50 bits per heavy atom. The lowest BCUT2D eigenvalue weighted by atomic mass is 10.3. The summed E-state index contributed by atoms with van der Waals surface area (Å²) in [5, 5.41) is 3.30. The van der Waals surface area contributed by atoms with E-state index in [1.54, 1.807) is 0 Å². The number of hydrogen-bond acceptors (Lipinski definition) is 2. The smallest absolute Gasteiger partial charge is 0.0300 e. The van der Waals surface area contributed by atoms with Gasteiger partial charge in [0.25, 0.3) is 0 Å². The highest BCUT2D eigenvalue weighted by Gasteiger charge is 2.07. The van der Waals surface area contributed by atoms with E-state index in [0.29, 0.717) is 0 Å². The molecule has 1 rings (SSSR count). The first kappa shape index (κ1) is 7.61. The highest BCUT2D eigenvalue weighted by molar-refractivity contribution is 5.00. The van der Waals surface area contributed by atoms with E-state index in [9.17, 15) is 0 Å². The van der Waals surface area contributed by atoms with Gasteiger partial charge in [0, 0.05) is 31.9 Å². The predicted molar refractivity (Wildman–Crippen MR) is 43.6 cm³/mol. The van der Waals surface area contributed by atoms with E-state index in [0.717, 1.165) is 26.2 Å². The van der Waals surface area contributed by atoms with Crippen molar-refractivity contribution in [1.82, 2.24) is 10.2 Å². The van der Waals surface area contributed by atoms with Gasteiger partial charge in [-0.05, 0) is 13.8 Å². The third-order valence-corrected chi connectivity index (χ3v) is 1.91. The molecule has 0 bridgehead atoms. The zero-order valence-corrected chi connectivity index (χ0v) is 6.56. The first-order chi connectivity index (χ1) is 4.84. The molecular formula is C8H15N2. The molecule has 1 aliphatic heterocycles. The molecule has 0 amide bonds. The zero-order chi connectivity index (χ0) is 7.40. The van der Waals surface area contributed by atoms with Crippen LogP contribution in [0.15, 0.2) is 11.8 Å². The summed E-state index contributed by atoms with van der Waals surface area (Å²) in [5.41, 5.74) is 1.29. The van der Waals surface area contributed by atoms with Gasteiger partial charge in [-0.3, -0.25) is 0 Å². The highest BCUT2D eigenvalue weighted by Crippen LogP contribution is 2.02. The maximum atomic E-state index is 3.74. The predicted octanol–water partition coefficient (Wildman–Crippen LogP) is 0.629. The summed E-state index contributed by atoms with van der Waals surface area (Å²) in [7, 11) is 0. The van der Waals surface area contributed by atoms with Gasteiger partial charge >= 0.3 is 0 Å². The van der Waals surface area contributed by atoms with E-state index in [4.69, 9.17) is 0 Å². The molecule has 0 spiro atoms. The number of allylic oxidation sites excluding steroid dienone is 2. The third-order valence-electron chi connectivity index (χ3n) is 1.91. The molecule has 2 heteroatoms. The number of rotatable bonds is 1. The van der Waals surface area contributed by atoms with Crippen molar-refractivity contribution in [2.24, 2.45) is 0 Å². The SMILES string of the molecule is [CH2]/C=C(/C)N1CCNCC1. The van der Waals surface area contributed by atoms with Crippen molar-refractivity contribution >= 4 is 0 Å². The van der Waals surface area contributed by atoms with Crippen LogP contribution in [-0.2, 0) is 0 Å². The van der Waals surface area contributed by atoms with Gasteiger partial charge in [-0.15, -0.1) is 0 Å². The van der Waals surface area contributed by atoms with Gasteiger partial charge in [0.05, 0.1) is 0 Å². The summed E-state index contributed by atoms with van der Waals surface area (Å²) < 4.78 is 0. The Hall–Kier alpha value is -0.500. The quantitative estimate of drug-likeness (QED) is 0.573. The molecule has 2 nitrogen and oxygen atoms in total. The largest absolute Gasteiger partial charge is 0.373 e. The fraction of sp³-hybridized carbons (Fsp3) is 0.625. The van der Waals surface area contributed by atoms with Gasteiger partial charge in [0.1, 0.15) is 0 Å². The summed E-state index contributed by atoms with van der Waals surface area (Å²) in [4.78, 5) is 2.35. The zero-order valence-electron chi connectivity index (χ0n) is 6.56. The average Bonchev–Trinajstić information content (AvgIpc) is 2.05. The maximum Gasteiger partial charge on any atom is 0.0300 e. The molecule has 0 aromatic carbocycles. The van der Waals surface area contributed by atoms with Crippen LogP contribution in [0.3, 0.4) is 0 Å². The Morgan fingerprint density at radius 3 is 2.60 bits per heavy atom. The Labute approximate surface area is 62.9 Å². The molecule has 1 heterocycles. The second kappa shape index (κ2) is 3.62. The number of nitrogens with zero attached hydrogens (tertiary/aromatic N) is 1. The van der Waals surface area contributed by atoms with E-state index in [1.165, 1.54) is 5.70 Å². The van der Waals surface area contributed by atoms with Crippen molar-refractivity contribution in [1.29, 1.82) is 0 Å². The van der Waals surface area contributed by atoms with Gasteiger partial charge in [-0.2, -0.15) is 0 Å². The van der Waals surface area contributed by atoms with Gasteiger partial charge < -0.3 is 10.2 Å². The summed E-state index contributed by atoms with van der Waals surface area (Å²) in [5.74, 6) is 0.